The van der Waals surface area contributed by atoms with Gasteiger partial charge in [0.15, 0.2) is 0 Å². The van der Waals surface area contributed by atoms with Gasteiger partial charge in [-0.25, -0.2) is 0 Å². The standard InChI is InChI=1S/C15H18N2O/c16-11-13-4-6-14(7-5-13)12-18-10-8-15-3-1-2-9-17-15/h1-7,9H,8,10-12,16H2. The molecule has 1 aromatic carbocycles. The normalized spacial score (nSPS) is 10.5. The third kappa shape index (κ3) is 3.95. The van der Waals surface area contributed by atoms with Gasteiger partial charge in [-0.05, 0) is 23.3 Å². The fourth-order valence-electron chi connectivity index (χ4n) is 1.68. The van der Waals surface area contributed by atoms with Gasteiger partial charge in [0.2, 0.25) is 0 Å². The fourth-order valence-corrected chi connectivity index (χ4v) is 1.68. The number of benzene rings is 1. The molecular weight excluding hydrogens is 224 g/mol. The van der Waals surface area contributed by atoms with E-state index in [1.807, 2.05) is 30.3 Å². The van der Waals surface area contributed by atoms with Gasteiger partial charge in [0.25, 0.3) is 0 Å². The summed E-state index contributed by atoms with van der Waals surface area (Å²) in [6, 6.07) is 14.1. The number of nitrogens with zero attached hydrogens (tertiary/aromatic N) is 1. The predicted octanol–water partition coefficient (Wildman–Crippen LogP) is 2.30. The molecule has 94 valence electrons. The summed E-state index contributed by atoms with van der Waals surface area (Å²) in [5.41, 5.74) is 8.93. The number of hydrogen-bond acceptors (Lipinski definition) is 3. The molecule has 2 N–H and O–H groups in total. The molecule has 2 aromatic rings. The second kappa shape index (κ2) is 6.89. The Morgan fingerprint density at radius 2 is 1.78 bits per heavy atom. The first-order chi connectivity index (χ1) is 8.88. The molecule has 2 rings (SSSR count). The highest BCUT2D eigenvalue weighted by Crippen LogP contribution is 2.05. The Morgan fingerprint density at radius 3 is 2.44 bits per heavy atom. The fraction of sp³-hybridized carbons (Fsp3) is 0.267. The van der Waals surface area contributed by atoms with Crippen LogP contribution in [-0.2, 0) is 24.3 Å². The lowest BCUT2D eigenvalue weighted by atomic mass is 10.1. The van der Waals surface area contributed by atoms with Crippen molar-refractivity contribution in [1.82, 2.24) is 4.98 Å². The Kier molecular flexibility index (Phi) is 4.88. The van der Waals surface area contributed by atoms with Crippen LogP contribution in [0.3, 0.4) is 0 Å². The summed E-state index contributed by atoms with van der Waals surface area (Å²) in [4.78, 5) is 4.25. The highest BCUT2D eigenvalue weighted by atomic mass is 16.5. The van der Waals surface area contributed by atoms with Gasteiger partial charge in [-0.3, -0.25) is 4.98 Å². The first-order valence-electron chi connectivity index (χ1n) is 6.14. The highest BCUT2D eigenvalue weighted by Gasteiger charge is 1.96. The van der Waals surface area contributed by atoms with E-state index in [0.717, 1.165) is 17.7 Å². The van der Waals surface area contributed by atoms with Crippen molar-refractivity contribution < 1.29 is 4.74 Å². The van der Waals surface area contributed by atoms with E-state index in [9.17, 15) is 0 Å². The molecule has 1 heterocycles. The molecule has 0 spiro atoms. The lowest BCUT2D eigenvalue weighted by molar-refractivity contribution is 0.123. The Bertz CT molecular complexity index is 454. The molecule has 0 radical (unpaired) electrons. The molecular formula is C15H18N2O. The Labute approximate surface area is 108 Å². The van der Waals surface area contributed by atoms with Crippen LogP contribution in [0, 0.1) is 0 Å². The Balaban J connectivity index is 1.72. The first-order valence-corrected chi connectivity index (χ1v) is 6.14. The minimum absolute atomic E-state index is 0.584. The summed E-state index contributed by atoms with van der Waals surface area (Å²) < 4.78 is 5.63. The van der Waals surface area contributed by atoms with Crippen molar-refractivity contribution in [2.24, 2.45) is 5.73 Å². The molecule has 0 saturated carbocycles. The average molecular weight is 242 g/mol. The molecule has 3 heteroatoms. The van der Waals surface area contributed by atoms with Gasteiger partial charge in [0.05, 0.1) is 13.2 Å². The number of hydrogen-bond donors (Lipinski definition) is 1. The summed E-state index contributed by atoms with van der Waals surface area (Å²) in [6.07, 6.45) is 2.66. The largest absolute Gasteiger partial charge is 0.376 e. The van der Waals surface area contributed by atoms with Crippen molar-refractivity contribution >= 4 is 0 Å². The van der Waals surface area contributed by atoms with E-state index in [-0.39, 0.29) is 0 Å². The number of ether oxygens (including phenoxy) is 1. The highest BCUT2D eigenvalue weighted by molar-refractivity contribution is 5.21. The molecule has 18 heavy (non-hydrogen) atoms. The van der Waals surface area contributed by atoms with Gasteiger partial charge in [-0.15, -0.1) is 0 Å². The minimum Gasteiger partial charge on any atom is -0.376 e. The monoisotopic (exact) mass is 242 g/mol. The van der Waals surface area contributed by atoms with Gasteiger partial charge in [-0.2, -0.15) is 0 Å². The van der Waals surface area contributed by atoms with Crippen molar-refractivity contribution in [3.05, 3.63) is 65.5 Å². The van der Waals surface area contributed by atoms with Gasteiger partial charge in [0, 0.05) is 24.9 Å². The summed E-state index contributed by atoms with van der Waals surface area (Å²) in [6.45, 7) is 1.91. The molecule has 0 bridgehead atoms. The maximum absolute atomic E-state index is 5.63. The van der Waals surface area contributed by atoms with E-state index in [1.54, 1.807) is 6.20 Å². The zero-order valence-electron chi connectivity index (χ0n) is 10.4. The van der Waals surface area contributed by atoms with E-state index in [4.69, 9.17) is 10.5 Å². The maximum Gasteiger partial charge on any atom is 0.0717 e. The van der Waals surface area contributed by atoms with Crippen LogP contribution in [0.5, 0.6) is 0 Å². The lowest BCUT2D eigenvalue weighted by Gasteiger charge is -2.05. The molecule has 0 unspecified atom stereocenters. The van der Waals surface area contributed by atoms with E-state index in [0.29, 0.717) is 19.8 Å². The molecule has 0 aliphatic heterocycles. The molecule has 0 aliphatic carbocycles. The Hall–Kier alpha value is -1.71. The van der Waals surface area contributed by atoms with E-state index in [2.05, 4.69) is 17.1 Å². The van der Waals surface area contributed by atoms with Crippen molar-refractivity contribution in [3.8, 4) is 0 Å². The van der Waals surface area contributed by atoms with Gasteiger partial charge in [-0.1, -0.05) is 30.3 Å². The van der Waals surface area contributed by atoms with Crippen molar-refractivity contribution in [1.29, 1.82) is 0 Å². The van der Waals surface area contributed by atoms with Crippen LogP contribution in [0.25, 0.3) is 0 Å². The van der Waals surface area contributed by atoms with Crippen LogP contribution < -0.4 is 5.73 Å². The summed E-state index contributed by atoms with van der Waals surface area (Å²) in [5, 5.41) is 0. The van der Waals surface area contributed by atoms with Gasteiger partial charge in [0.1, 0.15) is 0 Å². The zero-order valence-corrected chi connectivity index (χ0v) is 10.4. The van der Waals surface area contributed by atoms with Crippen LogP contribution >= 0.6 is 0 Å². The third-order valence-corrected chi connectivity index (χ3v) is 2.76. The van der Waals surface area contributed by atoms with Gasteiger partial charge < -0.3 is 10.5 Å². The quantitative estimate of drug-likeness (QED) is 0.791. The SMILES string of the molecule is NCc1ccc(COCCc2ccccn2)cc1. The van der Waals surface area contributed by atoms with Crippen LogP contribution in [0.4, 0.5) is 0 Å². The molecule has 0 amide bonds. The minimum atomic E-state index is 0.584. The maximum atomic E-state index is 5.63. The van der Waals surface area contributed by atoms with Gasteiger partial charge >= 0.3 is 0 Å². The summed E-state index contributed by atoms with van der Waals surface area (Å²) >= 11 is 0. The first kappa shape index (κ1) is 12.7. The average Bonchev–Trinajstić information content (AvgIpc) is 2.45. The Morgan fingerprint density at radius 1 is 1.00 bits per heavy atom. The van der Waals surface area contributed by atoms with Crippen LogP contribution in [-0.4, -0.2) is 11.6 Å². The number of rotatable bonds is 6. The number of pyridine rings is 1. The van der Waals surface area contributed by atoms with Crippen LogP contribution in [0.1, 0.15) is 16.8 Å². The second-order valence-corrected chi connectivity index (χ2v) is 4.14. The van der Waals surface area contributed by atoms with Crippen molar-refractivity contribution in [3.63, 3.8) is 0 Å². The molecule has 0 fully saturated rings. The molecule has 0 aliphatic rings. The molecule has 1 aromatic heterocycles. The van der Waals surface area contributed by atoms with E-state index < -0.39 is 0 Å². The van der Waals surface area contributed by atoms with Crippen LogP contribution in [0.2, 0.25) is 0 Å². The topological polar surface area (TPSA) is 48.1 Å². The second-order valence-electron chi connectivity index (χ2n) is 4.14. The number of aromatic nitrogens is 1. The summed E-state index contributed by atoms with van der Waals surface area (Å²) in [5.74, 6) is 0. The van der Waals surface area contributed by atoms with E-state index >= 15 is 0 Å². The lowest BCUT2D eigenvalue weighted by Crippen LogP contribution is -2.01. The van der Waals surface area contributed by atoms with E-state index in [1.165, 1.54) is 5.56 Å². The van der Waals surface area contributed by atoms with Crippen molar-refractivity contribution in [2.75, 3.05) is 6.61 Å². The zero-order chi connectivity index (χ0) is 12.6. The smallest absolute Gasteiger partial charge is 0.0717 e. The van der Waals surface area contributed by atoms with Crippen molar-refractivity contribution in [2.45, 2.75) is 19.6 Å². The molecule has 0 saturated heterocycles. The third-order valence-electron chi connectivity index (χ3n) is 2.76. The predicted molar refractivity (Wildman–Crippen MR) is 71.9 cm³/mol. The summed E-state index contributed by atoms with van der Waals surface area (Å²) in [7, 11) is 0. The molecule has 0 atom stereocenters. The van der Waals surface area contributed by atoms with Crippen LogP contribution in [0.15, 0.2) is 48.7 Å². The number of nitrogens with two attached hydrogens (primary N) is 1. The molecule has 3 nitrogen and oxygen atoms in total.